The van der Waals surface area contributed by atoms with Crippen LogP contribution in [0.2, 0.25) is 0 Å². The number of nitrogens with zero attached hydrogens (tertiary/aromatic N) is 1. The number of nitrogens with one attached hydrogen (secondary N) is 1. The van der Waals surface area contributed by atoms with Gasteiger partial charge in [0.15, 0.2) is 0 Å². The molecule has 1 amide bonds. The summed E-state index contributed by atoms with van der Waals surface area (Å²) in [6, 6.07) is 20.7. The van der Waals surface area contributed by atoms with Crippen molar-refractivity contribution in [3.05, 3.63) is 77.4 Å². The van der Waals surface area contributed by atoms with Crippen LogP contribution in [0.15, 0.2) is 60.7 Å². The Hall–Kier alpha value is -2.91. The highest BCUT2D eigenvalue weighted by Gasteiger charge is 2.21. The summed E-state index contributed by atoms with van der Waals surface area (Å²) >= 11 is 0. The number of likely N-dealkylation sites (tertiary alicyclic amines) is 1. The minimum absolute atomic E-state index is 0.0496. The zero-order chi connectivity index (χ0) is 19.8. The van der Waals surface area contributed by atoms with E-state index in [1.807, 2.05) is 36.4 Å². The van der Waals surface area contributed by atoms with Gasteiger partial charge in [0.2, 0.25) is 0 Å². The fourth-order valence-corrected chi connectivity index (χ4v) is 4.51. The van der Waals surface area contributed by atoms with Gasteiger partial charge >= 0.3 is 0 Å². The molecule has 1 aliphatic carbocycles. The number of amides is 1. The predicted octanol–water partition coefficient (Wildman–Crippen LogP) is 5.56. The summed E-state index contributed by atoms with van der Waals surface area (Å²) in [5.74, 6) is 0.803. The molecule has 3 nitrogen and oxygen atoms in total. The van der Waals surface area contributed by atoms with E-state index in [1.165, 1.54) is 42.3 Å². The van der Waals surface area contributed by atoms with Gasteiger partial charge in [-0.05, 0) is 77.5 Å². The topological polar surface area (TPSA) is 32.3 Å². The minimum Gasteiger partial charge on any atom is -0.322 e. The number of benzene rings is 3. The van der Waals surface area contributed by atoms with E-state index in [1.54, 1.807) is 0 Å². The van der Waals surface area contributed by atoms with Gasteiger partial charge in [0.05, 0.1) is 0 Å². The molecule has 1 fully saturated rings. The lowest BCUT2D eigenvalue weighted by Crippen LogP contribution is -2.32. The highest BCUT2D eigenvalue weighted by Crippen LogP contribution is 2.36. The van der Waals surface area contributed by atoms with Crippen LogP contribution in [0.1, 0.15) is 36.5 Å². The normalized spacial score (nSPS) is 16.8. The third-order valence-corrected chi connectivity index (χ3v) is 6.27. The molecule has 3 heteroatoms. The monoisotopic (exact) mass is 382 g/mol. The lowest BCUT2D eigenvalue weighted by Gasteiger charge is -2.30. The molecule has 1 heterocycles. The van der Waals surface area contributed by atoms with Crippen LogP contribution in [-0.4, -0.2) is 23.9 Å². The zero-order valence-electron chi connectivity index (χ0n) is 16.8. The van der Waals surface area contributed by atoms with Crippen molar-refractivity contribution in [1.82, 2.24) is 4.90 Å². The van der Waals surface area contributed by atoms with E-state index in [4.69, 9.17) is 0 Å². The fourth-order valence-electron chi connectivity index (χ4n) is 4.51. The van der Waals surface area contributed by atoms with Crippen molar-refractivity contribution >= 4 is 34.0 Å². The predicted molar refractivity (Wildman–Crippen MR) is 121 cm³/mol. The lowest BCUT2D eigenvalue weighted by molar-refractivity contribution is -0.111. The molecule has 0 bridgehead atoms. The maximum atomic E-state index is 13.0. The molecule has 146 valence electrons. The number of hydrogen-bond acceptors (Lipinski definition) is 2. The maximum absolute atomic E-state index is 13.0. The number of hydrogen-bond donors (Lipinski definition) is 1. The Morgan fingerprint density at radius 3 is 2.48 bits per heavy atom. The van der Waals surface area contributed by atoms with Crippen LogP contribution in [-0.2, 0) is 11.3 Å². The van der Waals surface area contributed by atoms with E-state index in [0.29, 0.717) is 0 Å². The van der Waals surface area contributed by atoms with E-state index < -0.39 is 0 Å². The van der Waals surface area contributed by atoms with Gasteiger partial charge in [0, 0.05) is 17.8 Å². The summed E-state index contributed by atoms with van der Waals surface area (Å²) in [6.45, 7) is 5.69. The zero-order valence-corrected chi connectivity index (χ0v) is 16.8. The van der Waals surface area contributed by atoms with Gasteiger partial charge in [-0.25, -0.2) is 0 Å². The Kier molecular flexibility index (Phi) is 4.69. The van der Waals surface area contributed by atoms with E-state index in [-0.39, 0.29) is 5.91 Å². The van der Waals surface area contributed by atoms with E-state index in [2.05, 4.69) is 47.5 Å². The average molecular weight is 383 g/mol. The van der Waals surface area contributed by atoms with Crippen molar-refractivity contribution in [3.8, 4) is 0 Å². The molecule has 0 unspecified atom stereocenters. The summed E-state index contributed by atoms with van der Waals surface area (Å²) in [5, 5.41) is 5.43. The molecule has 0 atom stereocenters. The van der Waals surface area contributed by atoms with Crippen LogP contribution in [0.4, 0.5) is 5.69 Å². The van der Waals surface area contributed by atoms with Gasteiger partial charge in [-0.1, -0.05) is 55.5 Å². The van der Waals surface area contributed by atoms with Gasteiger partial charge in [-0.15, -0.1) is 0 Å². The summed E-state index contributed by atoms with van der Waals surface area (Å²) in [7, 11) is 0. The van der Waals surface area contributed by atoms with Crippen molar-refractivity contribution < 1.29 is 4.79 Å². The number of carbonyl (C=O) groups is 1. The highest BCUT2D eigenvalue weighted by atomic mass is 16.1. The van der Waals surface area contributed by atoms with Crippen LogP contribution >= 0.6 is 0 Å². The molecular formula is C26H26N2O. The first-order valence-electron chi connectivity index (χ1n) is 10.5. The van der Waals surface area contributed by atoms with Gasteiger partial charge < -0.3 is 5.32 Å². The van der Waals surface area contributed by atoms with E-state index in [0.717, 1.165) is 34.9 Å². The number of rotatable bonds is 4. The Bertz CT molecular complexity index is 1080. The molecular weight excluding hydrogens is 356 g/mol. The molecule has 0 saturated carbocycles. The SMILES string of the molecule is CC1CCN(Cc2ccc(NC(=O)C3=Cc4cccc5cccc3c45)cc2)CC1. The van der Waals surface area contributed by atoms with Crippen molar-refractivity contribution in [1.29, 1.82) is 0 Å². The highest BCUT2D eigenvalue weighted by molar-refractivity contribution is 6.34. The van der Waals surface area contributed by atoms with E-state index >= 15 is 0 Å². The molecule has 2 aliphatic rings. The van der Waals surface area contributed by atoms with Crippen LogP contribution in [0.5, 0.6) is 0 Å². The van der Waals surface area contributed by atoms with Gasteiger partial charge in [-0.2, -0.15) is 0 Å². The lowest BCUT2D eigenvalue weighted by atomic mass is 9.99. The second-order valence-electron chi connectivity index (χ2n) is 8.42. The van der Waals surface area contributed by atoms with Crippen LogP contribution in [0.25, 0.3) is 22.4 Å². The maximum Gasteiger partial charge on any atom is 0.256 e. The Morgan fingerprint density at radius 1 is 1.00 bits per heavy atom. The Morgan fingerprint density at radius 2 is 1.72 bits per heavy atom. The van der Waals surface area contributed by atoms with Crippen molar-refractivity contribution in [2.24, 2.45) is 5.92 Å². The largest absolute Gasteiger partial charge is 0.322 e. The smallest absolute Gasteiger partial charge is 0.256 e. The van der Waals surface area contributed by atoms with Gasteiger partial charge in [-0.3, -0.25) is 9.69 Å². The molecule has 0 aromatic heterocycles. The van der Waals surface area contributed by atoms with Crippen LogP contribution in [0, 0.1) is 5.92 Å². The summed E-state index contributed by atoms with van der Waals surface area (Å²) in [6.07, 6.45) is 4.58. The standard InChI is InChI=1S/C26H26N2O/c1-18-12-14-28(15-13-18)17-19-8-10-22(11-9-19)27-26(29)24-16-21-6-2-4-20-5-3-7-23(24)25(20)21/h2-11,16,18H,12-15,17H2,1H3,(H,27,29). The summed E-state index contributed by atoms with van der Waals surface area (Å²) in [5.41, 5.74) is 5.02. The summed E-state index contributed by atoms with van der Waals surface area (Å²) < 4.78 is 0. The first kappa shape index (κ1) is 18.1. The first-order valence-corrected chi connectivity index (χ1v) is 10.5. The average Bonchev–Trinajstić information content (AvgIpc) is 3.12. The molecule has 29 heavy (non-hydrogen) atoms. The van der Waals surface area contributed by atoms with Crippen LogP contribution in [0.3, 0.4) is 0 Å². The Balaban J connectivity index is 1.28. The van der Waals surface area contributed by atoms with Crippen LogP contribution < -0.4 is 5.32 Å². The number of anilines is 1. The molecule has 1 saturated heterocycles. The van der Waals surface area contributed by atoms with Crippen molar-refractivity contribution in [2.45, 2.75) is 26.3 Å². The molecule has 0 radical (unpaired) electrons. The van der Waals surface area contributed by atoms with Gasteiger partial charge in [0.25, 0.3) is 5.91 Å². The molecule has 0 spiro atoms. The van der Waals surface area contributed by atoms with Crippen molar-refractivity contribution in [3.63, 3.8) is 0 Å². The van der Waals surface area contributed by atoms with E-state index in [9.17, 15) is 4.79 Å². The first-order chi connectivity index (χ1) is 14.2. The molecule has 3 aromatic carbocycles. The third kappa shape index (κ3) is 3.58. The number of piperidine rings is 1. The molecule has 1 aliphatic heterocycles. The quantitative estimate of drug-likeness (QED) is 0.640. The number of carbonyl (C=O) groups excluding carboxylic acids is 1. The van der Waals surface area contributed by atoms with Crippen molar-refractivity contribution in [2.75, 3.05) is 18.4 Å². The molecule has 5 rings (SSSR count). The second kappa shape index (κ2) is 7.49. The second-order valence-corrected chi connectivity index (χ2v) is 8.42. The minimum atomic E-state index is -0.0496. The third-order valence-electron chi connectivity index (χ3n) is 6.27. The fraction of sp³-hybridized carbons (Fsp3) is 0.269. The van der Waals surface area contributed by atoms with Gasteiger partial charge in [0.1, 0.15) is 0 Å². The molecule has 3 aromatic rings. The molecule has 1 N–H and O–H groups in total. The Labute approximate surface area is 172 Å². The summed E-state index contributed by atoms with van der Waals surface area (Å²) in [4.78, 5) is 15.5.